The second-order valence-electron chi connectivity index (χ2n) is 5.40. The summed E-state index contributed by atoms with van der Waals surface area (Å²) in [6, 6.07) is 5.44. The monoisotopic (exact) mass is 354 g/mol. The van der Waals surface area contributed by atoms with Crippen LogP contribution in [-0.4, -0.2) is 49.4 Å². The molecule has 0 aromatic heterocycles. The number of benzene rings is 1. The number of rotatable bonds is 9. The Kier molecular flexibility index (Phi) is 7.12. The van der Waals surface area contributed by atoms with Crippen molar-refractivity contribution in [2.45, 2.75) is 31.2 Å². The molecule has 1 rings (SSSR count). The molecular formula is C16H22N2O5S. The van der Waals surface area contributed by atoms with E-state index >= 15 is 0 Å². The Morgan fingerprint density at radius 2 is 2.04 bits per heavy atom. The Morgan fingerprint density at radius 3 is 2.58 bits per heavy atom. The van der Waals surface area contributed by atoms with Crippen LogP contribution in [0.25, 0.3) is 0 Å². The molecule has 1 aromatic carbocycles. The molecule has 1 amide bonds. The summed E-state index contributed by atoms with van der Waals surface area (Å²) in [4.78, 5) is 24.7. The summed E-state index contributed by atoms with van der Waals surface area (Å²) in [5.41, 5.74) is 0.190. The molecule has 132 valence electrons. The lowest BCUT2D eigenvalue weighted by Crippen LogP contribution is -2.38. The van der Waals surface area contributed by atoms with E-state index in [1.54, 1.807) is 13.8 Å². The van der Waals surface area contributed by atoms with Gasteiger partial charge in [0.15, 0.2) is 0 Å². The highest BCUT2D eigenvalue weighted by Gasteiger charge is 2.21. The normalized spacial score (nSPS) is 11.3. The standard InChI is InChI=1S/C16H22N2O5S/c1-4-9-17-24(22,23)14-7-5-6-13(11-14)16(21)18(12(2)3)10-8-15(19)20/h4-7,11-12,17H,1,8-10H2,2-3H3,(H,19,20). The minimum atomic E-state index is -3.74. The summed E-state index contributed by atoms with van der Waals surface area (Å²) in [5, 5.41) is 8.80. The Balaban J connectivity index is 3.08. The van der Waals surface area contributed by atoms with Crippen LogP contribution in [-0.2, 0) is 14.8 Å². The van der Waals surface area contributed by atoms with Crippen LogP contribution >= 0.6 is 0 Å². The molecule has 1 aromatic rings. The number of amides is 1. The highest BCUT2D eigenvalue weighted by atomic mass is 32.2. The topological polar surface area (TPSA) is 104 Å². The molecule has 8 heteroatoms. The number of hydrogen-bond donors (Lipinski definition) is 2. The minimum Gasteiger partial charge on any atom is -0.481 e. The average Bonchev–Trinajstić information content (AvgIpc) is 2.52. The zero-order valence-corrected chi connectivity index (χ0v) is 14.5. The molecule has 0 saturated carbocycles. The number of nitrogens with zero attached hydrogens (tertiary/aromatic N) is 1. The third-order valence-corrected chi connectivity index (χ3v) is 4.68. The molecule has 0 aliphatic rings. The lowest BCUT2D eigenvalue weighted by Gasteiger charge is -2.26. The van der Waals surface area contributed by atoms with Crippen molar-refractivity contribution >= 4 is 21.9 Å². The number of carbonyl (C=O) groups is 2. The summed E-state index contributed by atoms with van der Waals surface area (Å²) in [5.74, 6) is -1.41. The molecule has 24 heavy (non-hydrogen) atoms. The summed E-state index contributed by atoms with van der Waals surface area (Å²) >= 11 is 0. The van der Waals surface area contributed by atoms with Gasteiger partial charge in [-0.3, -0.25) is 9.59 Å². The van der Waals surface area contributed by atoms with Gasteiger partial charge in [0.2, 0.25) is 10.0 Å². The quantitative estimate of drug-likeness (QED) is 0.654. The Hall–Kier alpha value is -2.19. The lowest BCUT2D eigenvalue weighted by molar-refractivity contribution is -0.137. The zero-order valence-electron chi connectivity index (χ0n) is 13.7. The second-order valence-corrected chi connectivity index (χ2v) is 7.17. The molecule has 0 bridgehead atoms. The zero-order chi connectivity index (χ0) is 18.3. The van der Waals surface area contributed by atoms with E-state index in [0.717, 1.165) is 0 Å². The molecule has 0 atom stereocenters. The Labute approximate surface area is 142 Å². The first-order valence-corrected chi connectivity index (χ1v) is 8.90. The van der Waals surface area contributed by atoms with E-state index in [9.17, 15) is 18.0 Å². The molecule has 0 saturated heterocycles. The molecule has 0 aliphatic carbocycles. The van der Waals surface area contributed by atoms with Gasteiger partial charge in [-0.15, -0.1) is 6.58 Å². The molecule has 0 spiro atoms. The summed E-state index contributed by atoms with van der Waals surface area (Å²) in [7, 11) is -3.74. The maximum atomic E-state index is 12.6. The van der Waals surface area contributed by atoms with Gasteiger partial charge in [0.1, 0.15) is 0 Å². The van der Waals surface area contributed by atoms with E-state index in [4.69, 9.17) is 5.11 Å². The highest BCUT2D eigenvalue weighted by molar-refractivity contribution is 7.89. The van der Waals surface area contributed by atoms with Crippen LogP contribution in [0.2, 0.25) is 0 Å². The van der Waals surface area contributed by atoms with Crippen molar-refractivity contribution in [2.75, 3.05) is 13.1 Å². The van der Waals surface area contributed by atoms with E-state index in [1.165, 1.54) is 35.2 Å². The van der Waals surface area contributed by atoms with Gasteiger partial charge in [-0.25, -0.2) is 13.1 Å². The fourth-order valence-electron chi connectivity index (χ4n) is 2.02. The van der Waals surface area contributed by atoms with E-state index in [-0.39, 0.29) is 36.0 Å². The highest BCUT2D eigenvalue weighted by Crippen LogP contribution is 2.15. The molecular weight excluding hydrogens is 332 g/mol. The number of nitrogens with one attached hydrogen (secondary N) is 1. The van der Waals surface area contributed by atoms with Crippen molar-refractivity contribution in [3.8, 4) is 0 Å². The van der Waals surface area contributed by atoms with Crippen molar-refractivity contribution in [1.29, 1.82) is 0 Å². The van der Waals surface area contributed by atoms with Gasteiger partial charge in [-0.05, 0) is 32.0 Å². The van der Waals surface area contributed by atoms with Gasteiger partial charge in [0.25, 0.3) is 5.91 Å². The van der Waals surface area contributed by atoms with E-state index in [1.807, 2.05) is 0 Å². The third kappa shape index (κ3) is 5.47. The lowest BCUT2D eigenvalue weighted by atomic mass is 10.1. The van der Waals surface area contributed by atoms with Crippen LogP contribution in [0.3, 0.4) is 0 Å². The smallest absolute Gasteiger partial charge is 0.305 e. The fraction of sp³-hybridized carbons (Fsp3) is 0.375. The number of sulfonamides is 1. The van der Waals surface area contributed by atoms with E-state index < -0.39 is 21.9 Å². The van der Waals surface area contributed by atoms with Crippen molar-refractivity contribution in [3.63, 3.8) is 0 Å². The van der Waals surface area contributed by atoms with Gasteiger partial charge in [0, 0.05) is 24.7 Å². The van der Waals surface area contributed by atoms with Crippen LogP contribution in [0.5, 0.6) is 0 Å². The summed E-state index contributed by atoms with van der Waals surface area (Å²) in [6.45, 7) is 7.12. The van der Waals surface area contributed by atoms with Crippen LogP contribution in [0, 0.1) is 0 Å². The predicted octanol–water partition coefficient (Wildman–Crippen LogP) is 1.48. The van der Waals surface area contributed by atoms with Gasteiger partial charge >= 0.3 is 5.97 Å². The number of hydrogen-bond acceptors (Lipinski definition) is 4. The van der Waals surface area contributed by atoms with Gasteiger partial charge in [-0.1, -0.05) is 12.1 Å². The molecule has 2 N–H and O–H groups in total. The predicted molar refractivity (Wildman–Crippen MR) is 90.3 cm³/mol. The first-order valence-electron chi connectivity index (χ1n) is 7.42. The number of carboxylic acid groups (broad SMARTS) is 1. The Bertz CT molecular complexity index is 713. The second kappa shape index (κ2) is 8.60. The maximum Gasteiger partial charge on any atom is 0.305 e. The Morgan fingerprint density at radius 1 is 1.38 bits per heavy atom. The van der Waals surface area contributed by atoms with E-state index in [0.29, 0.717) is 0 Å². The van der Waals surface area contributed by atoms with Crippen molar-refractivity contribution in [1.82, 2.24) is 9.62 Å². The molecule has 0 radical (unpaired) electrons. The minimum absolute atomic E-state index is 0.0304. The fourth-order valence-corrected chi connectivity index (χ4v) is 3.07. The molecule has 0 fully saturated rings. The third-order valence-electron chi connectivity index (χ3n) is 3.26. The van der Waals surface area contributed by atoms with Crippen molar-refractivity contribution in [2.24, 2.45) is 0 Å². The number of carboxylic acids is 1. The van der Waals surface area contributed by atoms with Crippen molar-refractivity contribution in [3.05, 3.63) is 42.5 Å². The van der Waals surface area contributed by atoms with Crippen molar-refractivity contribution < 1.29 is 23.1 Å². The molecule has 0 heterocycles. The van der Waals surface area contributed by atoms with Crippen LogP contribution < -0.4 is 4.72 Å². The largest absolute Gasteiger partial charge is 0.481 e. The number of carbonyl (C=O) groups excluding carboxylic acids is 1. The first kappa shape index (κ1) is 19.9. The van der Waals surface area contributed by atoms with Crippen LogP contribution in [0.1, 0.15) is 30.6 Å². The summed E-state index contributed by atoms with van der Waals surface area (Å²) < 4.78 is 26.6. The van der Waals surface area contributed by atoms with Crippen LogP contribution in [0.4, 0.5) is 0 Å². The average molecular weight is 354 g/mol. The van der Waals surface area contributed by atoms with Gasteiger partial charge < -0.3 is 10.0 Å². The maximum absolute atomic E-state index is 12.6. The summed E-state index contributed by atoms with van der Waals surface area (Å²) in [6.07, 6.45) is 1.24. The molecule has 0 aliphatic heterocycles. The number of aliphatic carboxylic acids is 1. The van der Waals surface area contributed by atoms with Gasteiger partial charge in [0.05, 0.1) is 11.3 Å². The molecule has 7 nitrogen and oxygen atoms in total. The van der Waals surface area contributed by atoms with Gasteiger partial charge in [-0.2, -0.15) is 0 Å². The molecule has 0 unspecified atom stereocenters. The van der Waals surface area contributed by atoms with Crippen LogP contribution in [0.15, 0.2) is 41.8 Å². The first-order chi connectivity index (χ1) is 11.2. The SMILES string of the molecule is C=CCNS(=O)(=O)c1cccc(C(=O)N(CCC(=O)O)C(C)C)c1. The van der Waals surface area contributed by atoms with E-state index in [2.05, 4.69) is 11.3 Å².